The molecule has 1 aliphatic heterocycles. The van der Waals surface area contributed by atoms with Crippen molar-refractivity contribution in [2.45, 2.75) is 25.6 Å². The van der Waals surface area contributed by atoms with E-state index in [2.05, 4.69) is 14.9 Å². The Morgan fingerprint density at radius 2 is 1.81 bits per heavy atom. The summed E-state index contributed by atoms with van der Waals surface area (Å²) in [7, 11) is 0. The van der Waals surface area contributed by atoms with Gasteiger partial charge in [0, 0.05) is 36.6 Å². The van der Waals surface area contributed by atoms with E-state index in [1.807, 2.05) is 13.8 Å². The van der Waals surface area contributed by atoms with Crippen LogP contribution in [0.1, 0.15) is 19.4 Å². The van der Waals surface area contributed by atoms with Gasteiger partial charge < -0.3 is 9.64 Å². The summed E-state index contributed by atoms with van der Waals surface area (Å²) in [5, 5.41) is 0.379. The van der Waals surface area contributed by atoms with Crippen LogP contribution in [0.3, 0.4) is 0 Å². The number of aromatic nitrogens is 3. The van der Waals surface area contributed by atoms with Crippen LogP contribution in [0.2, 0.25) is 5.02 Å². The van der Waals surface area contributed by atoms with Crippen LogP contribution in [-0.4, -0.2) is 40.2 Å². The van der Waals surface area contributed by atoms with Gasteiger partial charge in [-0.15, -0.1) is 0 Å². The molecule has 1 saturated heterocycles. The molecular formula is C22H20ClF3N4O. The quantitative estimate of drug-likeness (QED) is 0.530. The van der Waals surface area contributed by atoms with Crippen LogP contribution in [0, 0.1) is 0 Å². The second-order valence-electron chi connectivity index (χ2n) is 7.89. The Balaban J connectivity index is 1.81. The number of anilines is 1. The summed E-state index contributed by atoms with van der Waals surface area (Å²) in [6, 6.07) is 6.57. The van der Waals surface area contributed by atoms with Crippen molar-refractivity contribution in [1.29, 1.82) is 0 Å². The molecule has 2 aromatic heterocycles. The molecule has 0 amide bonds. The van der Waals surface area contributed by atoms with Crippen molar-refractivity contribution in [2.24, 2.45) is 0 Å². The van der Waals surface area contributed by atoms with E-state index in [0.29, 0.717) is 53.1 Å². The lowest BCUT2D eigenvalue weighted by atomic mass is 10.0. The third-order valence-corrected chi connectivity index (χ3v) is 5.32. The molecule has 0 unspecified atom stereocenters. The van der Waals surface area contributed by atoms with Crippen molar-refractivity contribution in [3.8, 4) is 22.5 Å². The largest absolute Gasteiger partial charge is 0.416 e. The highest BCUT2D eigenvalue weighted by Gasteiger charge is 2.31. The molecule has 0 atom stereocenters. The molecule has 0 spiro atoms. The molecule has 1 aliphatic rings. The third-order valence-electron chi connectivity index (χ3n) is 5.02. The standard InChI is InChI=1S/C22H20ClF3N4O/c1-21(2)13-30(9-10-31-21)18-12-28-19(14-3-5-15(6-4-14)22(24,25)26)20(29-18)16-7-8-27-11-17(16)23/h3-8,11-12H,9-10,13H2,1-2H3. The molecule has 0 radical (unpaired) electrons. The maximum absolute atomic E-state index is 13.0. The Morgan fingerprint density at radius 1 is 1.06 bits per heavy atom. The number of nitrogens with zero attached hydrogens (tertiary/aromatic N) is 4. The first kappa shape index (κ1) is 21.5. The van der Waals surface area contributed by atoms with E-state index in [4.69, 9.17) is 21.3 Å². The Kier molecular flexibility index (Phi) is 5.61. The lowest BCUT2D eigenvalue weighted by Crippen LogP contribution is -2.48. The SMILES string of the molecule is CC1(C)CN(c2cnc(-c3ccc(C(F)(F)F)cc3)c(-c3ccncc3Cl)n2)CCO1. The number of alkyl halides is 3. The molecule has 162 valence electrons. The molecule has 1 aromatic carbocycles. The van der Waals surface area contributed by atoms with Crippen molar-refractivity contribution in [1.82, 2.24) is 15.0 Å². The Labute approximate surface area is 182 Å². The van der Waals surface area contributed by atoms with Crippen LogP contribution in [0.5, 0.6) is 0 Å². The average Bonchev–Trinajstić information content (AvgIpc) is 2.72. The molecule has 0 saturated carbocycles. The highest BCUT2D eigenvalue weighted by Crippen LogP contribution is 2.36. The lowest BCUT2D eigenvalue weighted by Gasteiger charge is -2.38. The van der Waals surface area contributed by atoms with Crippen molar-refractivity contribution < 1.29 is 17.9 Å². The van der Waals surface area contributed by atoms with Crippen LogP contribution in [0.15, 0.2) is 48.9 Å². The first-order valence-corrected chi connectivity index (χ1v) is 10.1. The topological polar surface area (TPSA) is 51.1 Å². The minimum absolute atomic E-state index is 0.333. The van der Waals surface area contributed by atoms with Gasteiger partial charge in [0.15, 0.2) is 0 Å². The monoisotopic (exact) mass is 448 g/mol. The molecule has 31 heavy (non-hydrogen) atoms. The summed E-state index contributed by atoms with van der Waals surface area (Å²) < 4.78 is 44.7. The van der Waals surface area contributed by atoms with Gasteiger partial charge in [0.05, 0.1) is 34.7 Å². The fourth-order valence-corrected chi connectivity index (χ4v) is 3.74. The van der Waals surface area contributed by atoms with E-state index in [1.165, 1.54) is 18.3 Å². The Morgan fingerprint density at radius 3 is 2.45 bits per heavy atom. The first-order valence-electron chi connectivity index (χ1n) is 9.67. The second kappa shape index (κ2) is 8.09. The number of benzene rings is 1. The Bertz CT molecular complexity index is 1090. The van der Waals surface area contributed by atoms with Crippen LogP contribution < -0.4 is 4.90 Å². The number of hydrogen-bond acceptors (Lipinski definition) is 5. The predicted octanol–water partition coefficient (Wildman–Crippen LogP) is 5.49. The number of ether oxygens (including phenoxy) is 1. The number of hydrogen-bond donors (Lipinski definition) is 0. The highest BCUT2D eigenvalue weighted by atomic mass is 35.5. The summed E-state index contributed by atoms with van der Waals surface area (Å²) in [5.74, 6) is 0.648. The maximum atomic E-state index is 13.0. The summed E-state index contributed by atoms with van der Waals surface area (Å²) in [5.41, 5.74) is 0.984. The highest BCUT2D eigenvalue weighted by molar-refractivity contribution is 6.33. The van der Waals surface area contributed by atoms with Gasteiger partial charge in [0.25, 0.3) is 0 Å². The van der Waals surface area contributed by atoms with E-state index in [9.17, 15) is 13.2 Å². The van der Waals surface area contributed by atoms with Crippen LogP contribution in [-0.2, 0) is 10.9 Å². The van der Waals surface area contributed by atoms with Crippen molar-refractivity contribution >= 4 is 17.4 Å². The lowest BCUT2D eigenvalue weighted by molar-refractivity contribution is -0.137. The Hall–Kier alpha value is -2.71. The smallest absolute Gasteiger partial charge is 0.372 e. The fourth-order valence-electron chi connectivity index (χ4n) is 3.53. The molecule has 1 fully saturated rings. The number of rotatable bonds is 3. The van der Waals surface area contributed by atoms with Gasteiger partial charge in [0.2, 0.25) is 0 Å². The second-order valence-corrected chi connectivity index (χ2v) is 8.29. The number of morpholine rings is 1. The van der Waals surface area contributed by atoms with Gasteiger partial charge in [0.1, 0.15) is 11.5 Å². The van der Waals surface area contributed by atoms with Crippen LogP contribution >= 0.6 is 11.6 Å². The average molecular weight is 449 g/mol. The predicted molar refractivity (Wildman–Crippen MR) is 113 cm³/mol. The van der Waals surface area contributed by atoms with E-state index < -0.39 is 11.7 Å². The fraction of sp³-hybridized carbons (Fsp3) is 0.318. The summed E-state index contributed by atoms with van der Waals surface area (Å²) in [6.45, 7) is 5.85. The molecule has 0 aliphatic carbocycles. The molecule has 4 rings (SSSR count). The first-order chi connectivity index (χ1) is 14.6. The molecular weight excluding hydrogens is 429 g/mol. The van der Waals surface area contributed by atoms with Gasteiger partial charge in [-0.2, -0.15) is 13.2 Å². The number of pyridine rings is 1. The van der Waals surface area contributed by atoms with E-state index in [1.54, 1.807) is 18.5 Å². The van der Waals surface area contributed by atoms with E-state index in [-0.39, 0.29) is 5.60 Å². The molecule has 9 heteroatoms. The van der Waals surface area contributed by atoms with Gasteiger partial charge >= 0.3 is 6.18 Å². The zero-order chi connectivity index (χ0) is 22.2. The molecule has 0 N–H and O–H groups in total. The normalized spacial score (nSPS) is 16.4. The number of halogens is 4. The molecule has 3 heterocycles. The minimum Gasteiger partial charge on any atom is -0.372 e. The summed E-state index contributed by atoms with van der Waals surface area (Å²) in [6.07, 6.45) is 0.311. The van der Waals surface area contributed by atoms with E-state index >= 15 is 0 Å². The summed E-state index contributed by atoms with van der Waals surface area (Å²) in [4.78, 5) is 15.5. The van der Waals surface area contributed by atoms with Crippen molar-refractivity contribution in [3.05, 3.63) is 59.5 Å². The van der Waals surface area contributed by atoms with Crippen LogP contribution in [0.4, 0.5) is 19.0 Å². The maximum Gasteiger partial charge on any atom is 0.416 e. The van der Waals surface area contributed by atoms with Gasteiger partial charge in [-0.1, -0.05) is 23.7 Å². The zero-order valence-corrected chi connectivity index (χ0v) is 17.7. The molecule has 0 bridgehead atoms. The summed E-state index contributed by atoms with van der Waals surface area (Å²) >= 11 is 6.37. The third kappa shape index (κ3) is 4.65. The van der Waals surface area contributed by atoms with Gasteiger partial charge in [-0.25, -0.2) is 4.98 Å². The van der Waals surface area contributed by atoms with Crippen molar-refractivity contribution in [2.75, 3.05) is 24.6 Å². The van der Waals surface area contributed by atoms with Crippen molar-refractivity contribution in [3.63, 3.8) is 0 Å². The van der Waals surface area contributed by atoms with E-state index in [0.717, 1.165) is 12.1 Å². The van der Waals surface area contributed by atoms with Crippen LogP contribution in [0.25, 0.3) is 22.5 Å². The minimum atomic E-state index is -4.41. The molecule has 3 aromatic rings. The molecule has 5 nitrogen and oxygen atoms in total. The zero-order valence-electron chi connectivity index (χ0n) is 16.9. The van der Waals surface area contributed by atoms with Gasteiger partial charge in [-0.05, 0) is 32.0 Å². The van der Waals surface area contributed by atoms with Gasteiger partial charge in [-0.3, -0.25) is 9.97 Å².